The first-order valence-corrected chi connectivity index (χ1v) is 8.16. The van der Waals surface area contributed by atoms with Crippen molar-refractivity contribution >= 4 is 28.1 Å². The van der Waals surface area contributed by atoms with E-state index in [9.17, 15) is 10.1 Å². The average molecular weight is 333 g/mol. The zero-order valence-corrected chi connectivity index (χ0v) is 13.2. The predicted molar refractivity (Wildman–Crippen MR) is 84.8 cm³/mol. The standard InChI is InChI=1S/C13H11N5O2S2/c1-17-12(10-3-2-4-14-6-10)15-16-13(17)22-8-9-5-11(18(19)20)21-7-9/h2-7H,8H2,1H3. The second-order valence-corrected chi connectivity index (χ2v) is 6.28. The van der Waals surface area contributed by atoms with Gasteiger partial charge in [0.1, 0.15) is 0 Å². The Morgan fingerprint density at radius 2 is 2.32 bits per heavy atom. The molecule has 0 atom stereocenters. The van der Waals surface area contributed by atoms with Crippen LogP contribution in [0.4, 0.5) is 5.00 Å². The molecule has 0 radical (unpaired) electrons. The molecule has 0 amide bonds. The summed E-state index contributed by atoms with van der Waals surface area (Å²) in [4.78, 5) is 14.4. The van der Waals surface area contributed by atoms with Crippen LogP contribution in [-0.4, -0.2) is 24.7 Å². The fourth-order valence-corrected chi connectivity index (χ4v) is 3.54. The molecule has 0 N–H and O–H groups in total. The summed E-state index contributed by atoms with van der Waals surface area (Å²) < 4.78 is 1.89. The summed E-state index contributed by atoms with van der Waals surface area (Å²) in [5.41, 5.74) is 1.81. The van der Waals surface area contributed by atoms with Gasteiger partial charge in [-0.05, 0) is 17.7 Å². The van der Waals surface area contributed by atoms with Crippen molar-refractivity contribution in [3.8, 4) is 11.4 Å². The molecule has 0 bridgehead atoms. The summed E-state index contributed by atoms with van der Waals surface area (Å²) >= 11 is 2.63. The summed E-state index contributed by atoms with van der Waals surface area (Å²) in [5, 5.41) is 21.7. The van der Waals surface area contributed by atoms with Crippen LogP contribution in [0, 0.1) is 10.1 Å². The number of pyridine rings is 1. The van der Waals surface area contributed by atoms with E-state index in [4.69, 9.17) is 0 Å². The second-order valence-electron chi connectivity index (χ2n) is 4.45. The van der Waals surface area contributed by atoms with Gasteiger partial charge in [-0.2, -0.15) is 0 Å². The van der Waals surface area contributed by atoms with Crippen molar-refractivity contribution in [2.24, 2.45) is 7.05 Å². The smallest absolute Gasteiger partial charge is 0.305 e. The summed E-state index contributed by atoms with van der Waals surface area (Å²) in [5.74, 6) is 1.36. The highest BCUT2D eigenvalue weighted by molar-refractivity contribution is 7.98. The third-order valence-corrected chi connectivity index (χ3v) is 4.96. The molecule has 112 valence electrons. The molecule has 0 unspecified atom stereocenters. The third-order valence-electron chi connectivity index (χ3n) is 2.94. The lowest BCUT2D eigenvalue weighted by molar-refractivity contribution is -0.380. The van der Waals surface area contributed by atoms with Crippen molar-refractivity contribution in [1.82, 2.24) is 19.7 Å². The van der Waals surface area contributed by atoms with Gasteiger partial charge < -0.3 is 4.57 Å². The molecule has 0 aliphatic carbocycles. The van der Waals surface area contributed by atoms with Gasteiger partial charge in [0.05, 0.1) is 4.92 Å². The Morgan fingerprint density at radius 3 is 3.00 bits per heavy atom. The van der Waals surface area contributed by atoms with Crippen molar-refractivity contribution in [2.45, 2.75) is 10.9 Å². The number of nitrogens with zero attached hydrogens (tertiary/aromatic N) is 5. The van der Waals surface area contributed by atoms with Gasteiger partial charge in [-0.1, -0.05) is 23.1 Å². The Labute approximate surface area is 134 Å². The first-order chi connectivity index (χ1) is 10.6. The van der Waals surface area contributed by atoms with E-state index in [2.05, 4.69) is 15.2 Å². The van der Waals surface area contributed by atoms with E-state index in [0.717, 1.165) is 33.4 Å². The molecule has 7 nitrogen and oxygen atoms in total. The van der Waals surface area contributed by atoms with Crippen molar-refractivity contribution in [1.29, 1.82) is 0 Å². The summed E-state index contributed by atoms with van der Waals surface area (Å²) in [6.07, 6.45) is 3.44. The van der Waals surface area contributed by atoms with Gasteiger partial charge in [-0.15, -0.1) is 10.2 Å². The first kappa shape index (κ1) is 14.7. The molecule has 0 fully saturated rings. The Kier molecular flexibility index (Phi) is 4.16. The molecular weight excluding hydrogens is 322 g/mol. The molecule has 0 saturated heterocycles. The van der Waals surface area contributed by atoms with Crippen LogP contribution < -0.4 is 0 Å². The maximum atomic E-state index is 10.7. The minimum Gasteiger partial charge on any atom is -0.305 e. The van der Waals surface area contributed by atoms with Crippen molar-refractivity contribution in [3.05, 3.63) is 51.7 Å². The first-order valence-electron chi connectivity index (χ1n) is 6.29. The topological polar surface area (TPSA) is 86.7 Å². The average Bonchev–Trinajstić information content (AvgIpc) is 3.13. The predicted octanol–water partition coefficient (Wildman–Crippen LogP) is 3.14. The highest BCUT2D eigenvalue weighted by Gasteiger charge is 2.13. The Bertz CT molecular complexity index is 800. The third kappa shape index (κ3) is 3.00. The zero-order valence-electron chi connectivity index (χ0n) is 11.5. The SMILES string of the molecule is Cn1c(SCc2csc([N+](=O)[O-])c2)nnc1-c1cccnc1. The van der Waals surface area contributed by atoms with Crippen molar-refractivity contribution < 1.29 is 4.92 Å². The molecule has 0 saturated carbocycles. The zero-order chi connectivity index (χ0) is 15.5. The molecule has 3 heterocycles. The Morgan fingerprint density at radius 1 is 1.45 bits per heavy atom. The van der Waals surface area contributed by atoms with Gasteiger partial charge in [0, 0.05) is 42.2 Å². The van der Waals surface area contributed by atoms with Crippen LogP contribution in [0.15, 0.2) is 41.1 Å². The molecule has 0 aliphatic heterocycles. The Balaban J connectivity index is 1.73. The lowest BCUT2D eigenvalue weighted by Crippen LogP contribution is -1.95. The lowest BCUT2D eigenvalue weighted by atomic mass is 10.3. The second kappa shape index (κ2) is 6.24. The van der Waals surface area contributed by atoms with Crippen LogP contribution in [-0.2, 0) is 12.8 Å². The molecule has 3 rings (SSSR count). The maximum Gasteiger partial charge on any atom is 0.324 e. The number of rotatable bonds is 5. The normalized spacial score (nSPS) is 10.8. The van der Waals surface area contributed by atoms with Crippen LogP contribution in [0.25, 0.3) is 11.4 Å². The Hall–Kier alpha value is -2.26. The van der Waals surface area contributed by atoms with Crippen LogP contribution >= 0.6 is 23.1 Å². The molecule has 3 aromatic rings. The fraction of sp³-hybridized carbons (Fsp3) is 0.154. The molecule has 3 aromatic heterocycles. The van der Waals surface area contributed by atoms with Gasteiger partial charge >= 0.3 is 5.00 Å². The number of hydrogen-bond acceptors (Lipinski definition) is 7. The van der Waals surface area contributed by atoms with Crippen LogP contribution in [0.3, 0.4) is 0 Å². The summed E-state index contributed by atoms with van der Waals surface area (Å²) in [7, 11) is 1.89. The van der Waals surface area contributed by atoms with Gasteiger partial charge in [-0.25, -0.2) is 0 Å². The quantitative estimate of drug-likeness (QED) is 0.405. The molecule has 0 aromatic carbocycles. The van der Waals surface area contributed by atoms with Gasteiger partial charge in [0.15, 0.2) is 11.0 Å². The summed E-state index contributed by atoms with van der Waals surface area (Å²) in [6, 6.07) is 5.37. The van der Waals surface area contributed by atoms with Crippen molar-refractivity contribution in [3.63, 3.8) is 0 Å². The fourth-order valence-electron chi connectivity index (χ4n) is 1.87. The van der Waals surface area contributed by atoms with Crippen LogP contribution in [0.1, 0.15) is 5.56 Å². The number of thioether (sulfide) groups is 1. The largest absolute Gasteiger partial charge is 0.324 e. The van der Waals surface area contributed by atoms with Gasteiger partial charge in [0.2, 0.25) is 0 Å². The van der Waals surface area contributed by atoms with Crippen LogP contribution in [0.2, 0.25) is 0 Å². The number of hydrogen-bond donors (Lipinski definition) is 0. The lowest BCUT2D eigenvalue weighted by Gasteiger charge is -2.02. The van der Waals surface area contributed by atoms with E-state index >= 15 is 0 Å². The number of nitro groups is 1. The van der Waals surface area contributed by atoms with Crippen molar-refractivity contribution in [2.75, 3.05) is 0 Å². The van der Waals surface area contributed by atoms with Crippen LogP contribution in [0.5, 0.6) is 0 Å². The minimum atomic E-state index is -0.373. The number of aromatic nitrogens is 4. The minimum absolute atomic E-state index is 0.157. The van der Waals surface area contributed by atoms with E-state index in [1.54, 1.807) is 23.8 Å². The van der Waals surface area contributed by atoms with Gasteiger partial charge in [0.25, 0.3) is 0 Å². The van der Waals surface area contributed by atoms with E-state index in [1.807, 2.05) is 23.7 Å². The maximum absolute atomic E-state index is 10.7. The molecule has 9 heteroatoms. The monoisotopic (exact) mass is 333 g/mol. The van der Waals surface area contributed by atoms with E-state index < -0.39 is 0 Å². The molecule has 0 spiro atoms. The highest BCUT2D eigenvalue weighted by atomic mass is 32.2. The van der Waals surface area contributed by atoms with E-state index in [1.165, 1.54) is 11.8 Å². The molecule has 22 heavy (non-hydrogen) atoms. The highest BCUT2D eigenvalue weighted by Crippen LogP contribution is 2.29. The molecule has 0 aliphatic rings. The molecular formula is C13H11N5O2S2. The van der Waals surface area contributed by atoms with Gasteiger partial charge in [-0.3, -0.25) is 15.1 Å². The van der Waals surface area contributed by atoms with E-state index in [0.29, 0.717) is 5.75 Å². The summed E-state index contributed by atoms with van der Waals surface area (Å²) in [6.45, 7) is 0. The van der Waals surface area contributed by atoms with E-state index in [-0.39, 0.29) is 9.92 Å². The number of thiophene rings is 1.